The van der Waals surface area contributed by atoms with Gasteiger partial charge in [-0.2, -0.15) is 0 Å². The molecule has 0 N–H and O–H groups in total. The second-order valence-electron chi connectivity index (χ2n) is 4.19. The summed E-state index contributed by atoms with van der Waals surface area (Å²) in [6.45, 7) is 4.04. The van der Waals surface area contributed by atoms with Crippen LogP contribution in [-0.2, 0) is 6.42 Å². The molecule has 0 saturated carbocycles. The van der Waals surface area contributed by atoms with E-state index in [0.29, 0.717) is 5.56 Å². The lowest BCUT2D eigenvalue weighted by Crippen LogP contribution is -2.23. The standard InChI is InChI=1S/C14H20O2/c1-3-4-5-6-8-12-9-7-10-13(11(12)2)14(15)16/h7,9-10H,3-6,8H2,1-2H3,(H,15,16)/p-1. The van der Waals surface area contributed by atoms with Gasteiger partial charge >= 0.3 is 0 Å². The van der Waals surface area contributed by atoms with Crippen LogP contribution in [0, 0.1) is 6.92 Å². The number of carboxylic acids is 1. The molecule has 1 aromatic rings. The first-order valence-corrected chi connectivity index (χ1v) is 5.96. The van der Waals surface area contributed by atoms with Crippen molar-refractivity contribution in [1.82, 2.24) is 0 Å². The molecule has 0 atom stereocenters. The third-order valence-electron chi connectivity index (χ3n) is 2.97. The zero-order valence-electron chi connectivity index (χ0n) is 10.1. The fourth-order valence-corrected chi connectivity index (χ4v) is 1.92. The topological polar surface area (TPSA) is 40.1 Å². The van der Waals surface area contributed by atoms with Crippen LogP contribution in [0.1, 0.15) is 54.1 Å². The van der Waals surface area contributed by atoms with Gasteiger partial charge in [0.25, 0.3) is 0 Å². The third-order valence-corrected chi connectivity index (χ3v) is 2.97. The van der Waals surface area contributed by atoms with Crippen molar-refractivity contribution in [3.05, 3.63) is 34.9 Å². The molecule has 0 aromatic heterocycles. The van der Waals surface area contributed by atoms with Crippen LogP contribution in [0.15, 0.2) is 18.2 Å². The number of carbonyl (C=O) groups excluding carboxylic acids is 1. The van der Waals surface area contributed by atoms with Gasteiger partial charge in [0.1, 0.15) is 0 Å². The molecule has 0 aliphatic heterocycles. The van der Waals surface area contributed by atoms with Crippen LogP contribution >= 0.6 is 0 Å². The van der Waals surface area contributed by atoms with E-state index in [1.807, 2.05) is 13.0 Å². The van der Waals surface area contributed by atoms with Gasteiger partial charge in [0.2, 0.25) is 0 Å². The molecular formula is C14H19O2-. The van der Waals surface area contributed by atoms with Crippen molar-refractivity contribution in [3.63, 3.8) is 0 Å². The maximum absolute atomic E-state index is 10.8. The van der Waals surface area contributed by atoms with Gasteiger partial charge in [0.05, 0.1) is 5.97 Å². The van der Waals surface area contributed by atoms with Crippen LogP contribution in [0.5, 0.6) is 0 Å². The highest BCUT2D eigenvalue weighted by molar-refractivity contribution is 5.87. The summed E-state index contributed by atoms with van der Waals surface area (Å²) in [7, 11) is 0. The molecular weight excluding hydrogens is 200 g/mol. The normalized spacial score (nSPS) is 10.4. The zero-order chi connectivity index (χ0) is 12.0. The Morgan fingerprint density at radius 3 is 2.62 bits per heavy atom. The molecule has 0 radical (unpaired) electrons. The van der Waals surface area contributed by atoms with Gasteiger partial charge in [-0.05, 0) is 30.9 Å². The molecule has 2 heteroatoms. The molecule has 0 heterocycles. The fourth-order valence-electron chi connectivity index (χ4n) is 1.92. The SMILES string of the molecule is CCCCCCc1cccc(C(=O)[O-])c1C. The fraction of sp³-hybridized carbons (Fsp3) is 0.500. The van der Waals surface area contributed by atoms with Crippen LogP contribution in [0.25, 0.3) is 0 Å². The van der Waals surface area contributed by atoms with Crippen molar-refractivity contribution in [2.24, 2.45) is 0 Å². The van der Waals surface area contributed by atoms with E-state index in [2.05, 4.69) is 6.92 Å². The van der Waals surface area contributed by atoms with Gasteiger partial charge in [0.15, 0.2) is 0 Å². The molecule has 1 aromatic carbocycles. The summed E-state index contributed by atoms with van der Waals surface area (Å²) in [4.78, 5) is 10.8. The van der Waals surface area contributed by atoms with Gasteiger partial charge in [-0.3, -0.25) is 0 Å². The number of rotatable bonds is 6. The monoisotopic (exact) mass is 219 g/mol. The van der Waals surface area contributed by atoms with Crippen molar-refractivity contribution in [2.75, 3.05) is 0 Å². The average Bonchev–Trinajstić information content (AvgIpc) is 2.26. The number of benzene rings is 1. The molecule has 0 fully saturated rings. The summed E-state index contributed by atoms with van der Waals surface area (Å²) < 4.78 is 0. The van der Waals surface area contributed by atoms with Gasteiger partial charge in [0, 0.05) is 5.56 Å². The Morgan fingerprint density at radius 2 is 2.00 bits per heavy atom. The molecule has 88 valence electrons. The predicted octanol–water partition coefficient (Wildman–Crippen LogP) is 2.48. The van der Waals surface area contributed by atoms with E-state index in [1.165, 1.54) is 19.3 Å². The number of hydrogen-bond acceptors (Lipinski definition) is 2. The molecule has 0 unspecified atom stereocenters. The molecule has 0 spiro atoms. The molecule has 16 heavy (non-hydrogen) atoms. The molecule has 0 aliphatic carbocycles. The predicted molar refractivity (Wildman–Crippen MR) is 63.4 cm³/mol. The van der Waals surface area contributed by atoms with Crippen molar-refractivity contribution in [2.45, 2.75) is 46.0 Å². The van der Waals surface area contributed by atoms with Crippen molar-refractivity contribution >= 4 is 5.97 Å². The zero-order valence-corrected chi connectivity index (χ0v) is 10.1. The van der Waals surface area contributed by atoms with Crippen LogP contribution in [0.3, 0.4) is 0 Å². The van der Waals surface area contributed by atoms with E-state index < -0.39 is 5.97 Å². The summed E-state index contributed by atoms with van der Waals surface area (Å²) >= 11 is 0. The van der Waals surface area contributed by atoms with E-state index in [9.17, 15) is 9.90 Å². The Hall–Kier alpha value is -1.31. The molecule has 2 nitrogen and oxygen atoms in total. The lowest BCUT2D eigenvalue weighted by atomic mass is 9.98. The minimum absolute atomic E-state index is 0.327. The summed E-state index contributed by atoms with van der Waals surface area (Å²) in [5.41, 5.74) is 2.32. The van der Waals surface area contributed by atoms with Crippen LogP contribution in [0.2, 0.25) is 0 Å². The first-order valence-electron chi connectivity index (χ1n) is 5.96. The number of aryl methyl sites for hydroxylation is 1. The number of carbonyl (C=O) groups is 1. The second kappa shape index (κ2) is 6.31. The second-order valence-corrected chi connectivity index (χ2v) is 4.19. The van der Waals surface area contributed by atoms with Gasteiger partial charge in [-0.15, -0.1) is 0 Å². The Labute approximate surface area is 97.3 Å². The number of hydrogen-bond donors (Lipinski definition) is 0. The quantitative estimate of drug-likeness (QED) is 0.690. The van der Waals surface area contributed by atoms with Crippen molar-refractivity contribution in [3.8, 4) is 0 Å². The van der Waals surface area contributed by atoms with Gasteiger partial charge in [-0.1, -0.05) is 44.4 Å². The lowest BCUT2D eigenvalue weighted by molar-refractivity contribution is -0.255. The van der Waals surface area contributed by atoms with Crippen molar-refractivity contribution in [1.29, 1.82) is 0 Å². The Bertz CT molecular complexity index is 356. The average molecular weight is 219 g/mol. The molecule has 0 saturated heterocycles. The van der Waals surface area contributed by atoms with Gasteiger partial charge < -0.3 is 9.90 Å². The summed E-state index contributed by atoms with van der Waals surface area (Å²) in [6.07, 6.45) is 5.78. The molecule has 0 amide bonds. The van der Waals surface area contributed by atoms with E-state index >= 15 is 0 Å². The van der Waals surface area contributed by atoms with Crippen LogP contribution in [0.4, 0.5) is 0 Å². The highest BCUT2D eigenvalue weighted by Crippen LogP contribution is 2.16. The molecule has 0 aliphatic rings. The van der Waals surface area contributed by atoms with E-state index in [0.717, 1.165) is 24.0 Å². The summed E-state index contributed by atoms with van der Waals surface area (Å²) in [5.74, 6) is -1.08. The maximum atomic E-state index is 10.8. The van der Waals surface area contributed by atoms with E-state index in [-0.39, 0.29) is 0 Å². The Kier molecular flexibility index (Phi) is 5.03. The lowest BCUT2D eigenvalue weighted by Gasteiger charge is -2.11. The number of aromatic carboxylic acids is 1. The van der Waals surface area contributed by atoms with Crippen LogP contribution < -0.4 is 5.11 Å². The molecule has 0 bridgehead atoms. The Balaban J connectivity index is 2.66. The smallest absolute Gasteiger partial charge is 0.0718 e. The summed E-state index contributed by atoms with van der Waals surface area (Å²) in [5, 5.41) is 10.8. The highest BCUT2D eigenvalue weighted by Gasteiger charge is 2.04. The highest BCUT2D eigenvalue weighted by atomic mass is 16.4. The first-order chi connectivity index (χ1) is 7.66. The summed E-state index contributed by atoms with van der Waals surface area (Å²) in [6, 6.07) is 5.42. The first kappa shape index (κ1) is 12.8. The minimum Gasteiger partial charge on any atom is -0.545 e. The maximum Gasteiger partial charge on any atom is 0.0718 e. The largest absolute Gasteiger partial charge is 0.545 e. The Morgan fingerprint density at radius 1 is 1.25 bits per heavy atom. The van der Waals surface area contributed by atoms with Crippen molar-refractivity contribution < 1.29 is 9.90 Å². The minimum atomic E-state index is -1.08. The van der Waals surface area contributed by atoms with Gasteiger partial charge in [-0.25, -0.2) is 0 Å². The van der Waals surface area contributed by atoms with Crippen LogP contribution in [-0.4, -0.2) is 5.97 Å². The number of carboxylic acid groups (broad SMARTS) is 1. The van der Waals surface area contributed by atoms with E-state index in [4.69, 9.17) is 0 Å². The molecule has 1 rings (SSSR count). The number of unbranched alkanes of at least 4 members (excludes halogenated alkanes) is 3. The third kappa shape index (κ3) is 3.37. The van der Waals surface area contributed by atoms with E-state index in [1.54, 1.807) is 12.1 Å².